The van der Waals surface area contributed by atoms with Gasteiger partial charge in [-0.3, -0.25) is 0 Å². The first-order chi connectivity index (χ1) is 4.41. The molecule has 0 spiro atoms. The normalized spacial score (nSPS) is 7.78. The van der Waals surface area contributed by atoms with E-state index in [2.05, 4.69) is 9.64 Å². The van der Waals surface area contributed by atoms with E-state index in [1.807, 2.05) is 0 Å². The van der Waals surface area contributed by atoms with Crippen LogP contribution in [0.15, 0.2) is 0 Å². The summed E-state index contributed by atoms with van der Waals surface area (Å²) in [6.45, 7) is 0. The van der Waals surface area contributed by atoms with Crippen LogP contribution in [0.3, 0.4) is 0 Å². The third kappa shape index (κ3) is 8.16. The van der Waals surface area contributed by atoms with Crippen molar-refractivity contribution in [2.75, 3.05) is 0 Å². The molecule has 0 aliphatic heterocycles. The summed E-state index contributed by atoms with van der Waals surface area (Å²) in [7, 11) is 0. The van der Waals surface area contributed by atoms with Crippen LogP contribution in [0.4, 0.5) is 0 Å². The van der Waals surface area contributed by atoms with Crippen molar-refractivity contribution < 1.29 is 0 Å². The Balaban J connectivity index is 2.79. The van der Waals surface area contributed by atoms with Crippen molar-refractivity contribution in [1.82, 2.24) is 0 Å². The summed E-state index contributed by atoms with van der Waals surface area (Å²) in [5.74, 6) is 0. The van der Waals surface area contributed by atoms with Crippen LogP contribution in [0.2, 0.25) is 10.6 Å². The molecule has 0 saturated heterocycles. The number of rotatable bonds is 4. The van der Waals surface area contributed by atoms with E-state index in [4.69, 9.17) is 12.8 Å². The van der Waals surface area contributed by atoms with Crippen LogP contribution in [-0.2, 0) is 0 Å². The van der Waals surface area contributed by atoms with Gasteiger partial charge >= 0.3 is 69.5 Å². The van der Waals surface area contributed by atoms with Gasteiger partial charge in [0.25, 0.3) is 0 Å². The second-order valence-corrected chi connectivity index (χ2v) is 5.20. The Hall–Kier alpha value is 0.159. The Bertz CT molecular complexity index is 111. The molecule has 0 fully saturated rings. The fourth-order valence-electron chi connectivity index (χ4n) is 0.321. The first-order valence-corrected chi connectivity index (χ1v) is 6.70. The second-order valence-electron chi connectivity index (χ2n) is 1.29. The van der Waals surface area contributed by atoms with Gasteiger partial charge in [0.15, 0.2) is 0 Å². The first kappa shape index (κ1) is 9.16. The molecule has 0 aromatic heterocycles. The molecule has 0 heterocycles. The fourth-order valence-corrected chi connectivity index (χ4v) is 2.95. The molecular weight excluding hydrogens is 242 g/mol. The molecule has 0 radical (unpaired) electrons. The van der Waals surface area contributed by atoms with Crippen LogP contribution in [0, 0.1) is 22.5 Å². The van der Waals surface area contributed by atoms with Gasteiger partial charge < -0.3 is 0 Å². The SMILES string of the molecule is C#C[Se]CCC[Se]C#C. The second kappa shape index (κ2) is 8.16. The van der Waals surface area contributed by atoms with E-state index in [1.165, 1.54) is 17.1 Å². The standard InChI is InChI=1S/C7H8Se2/c1-3-8-6-5-7-9-4-2/h1-2H,5-7H2. The summed E-state index contributed by atoms with van der Waals surface area (Å²) in [5, 5.41) is 2.40. The third-order valence-corrected chi connectivity index (χ3v) is 3.43. The van der Waals surface area contributed by atoms with Gasteiger partial charge in [-0.15, -0.1) is 0 Å². The number of hydrogen-bond donors (Lipinski definition) is 0. The predicted molar refractivity (Wildman–Crippen MR) is 43.4 cm³/mol. The molecule has 9 heavy (non-hydrogen) atoms. The summed E-state index contributed by atoms with van der Waals surface area (Å²) in [4.78, 5) is 5.32. The molecule has 0 rings (SSSR count). The van der Waals surface area contributed by atoms with Gasteiger partial charge in [0, 0.05) is 0 Å². The van der Waals surface area contributed by atoms with Crippen LogP contribution in [0.1, 0.15) is 6.42 Å². The van der Waals surface area contributed by atoms with Crippen molar-refractivity contribution in [2.24, 2.45) is 0 Å². The molecule has 2 heteroatoms. The zero-order valence-electron chi connectivity index (χ0n) is 5.09. The number of hydrogen-bond acceptors (Lipinski definition) is 0. The van der Waals surface area contributed by atoms with Crippen LogP contribution < -0.4 is 0 Å². The van der Waals surface area contributed by atoms with Crippen molar-refractivity contribution in [2.45, 2.75) is 17.1 Å². The van der Waals surface area contributed by atoms with Crippen molar-refractivity contribution in [3.8, 4) is 22.5 Å². The van der Waals surface area contributed by atoms with E-state index in [1.54, 1.807) is 0 Å². The maximum absolute atomic E-state index is 5.09. The molecular formula is C7H8Se2. The quantitative estimate of drug-likeness (QED) is 0.393. The van der Waals surface area contributed by atoms with Gasteiger partial charge in [0.1, 0.15) is 0 Å². The van der Waals surface area contributed by atoms with Crippen molar-refractivity contribution >= 4 is 29.9 Å². The van der Waals surface area contributed by atoms with Gasteiger partial charge in [-0.2, -0.15) is 0 Å². The summed E-state index contributed by atoms with van der Waals surface area (Å²) >= 11 is 0.870. The molecule has 48 valence electrons. The molecule has 0 N–H and O–H groups in total. The van der Waals surface area contributed by atoms with E-state index < -0.39 is 0 Å². The maximum atomic E-state index is 5.09. The monoisotopic (exact) mass is 252 g/mol. The molecule has 0 amide bonds. The zero-order valence-corrected chi connectivity index (χ0v) is 8.52. The van der Waals surface area contributed by atoms with Crippen LogP contribution in [0.5, 0.6) is 0 Å². The van der Waals surface area contributed by atoms with E-state index in [9.17, 15) is 0 Å². The Morgan fingerprint density at radius 1 is 1.00 bits per heavy atom. The molecule has 0 aromatic carbocycles. The topological polar surface area (TPSA) is 0 Å². The Labute approximate surface area is 69.5 Å². The zero-order chi connectivity index (χ0) is 6.95. The van der Waals surface area contributed by atoms with Gasteiger partial charge in [-0.1, -0.05) is 0 Å². The Morgan fingerprint density at radius 2 is 1.44 bits per heavy atom. The number of terminal acetylenes is 2. The summed E-state index contributed by atoms with van der Waals surface area (Å²) in [5.41, 5.74) is 0. The molecule has 0 atom stereocenters. The molecule has 0 saturated carbocycles. The van der Waals surface area contributed by atoms with Gasteiger partial charge in [-0.25, -0.2) is 0 Å². The Kier molecular flexibility index (Phi) is 8.30. The molecule has 0 bridgehead atoms. The van der Waals surface area contributed by atoms with Crippen LogP contribution >= 0.6 is 0 Å². The first-order valence-electron chi connectivity index (χ1n) is 2.56. The predicted octanol–water partition coefficient (Wildman–Crippen LogP) is 0.803. The van der Waals surface area contributed by atoms with Crippen LogP contribution in [0.25, 0.3) is 0 Å². The van der Waals surface area contributed by atoms with Gasteiger partial charge in [0.05, 0.1) is 0 Å². The Morgan fingerprint density at radius 3 is 1.78 bits per heavy atom. The third-order valence-electron chi connectivity index (χ3n) is 0.659. The summed E-state index contributed by atoms with van der Waals surface area (Å²) < 4.78 is 0. The fraction of sp³-hybridized carbons (Fsp3) is 0.429. The van der Waals surface area contributed by atoms with Crippen LogP contribution in [-0.4, -0.2) is 29.9 Å². The van der Waals surface area contributed by atoms with Gasteiger partial charge in [-0.05, 0) is 0 Å². The van der Waals surface area contributed by atoms with Crippen molar-refractivity contribution in [1.29, 1.82) is 0 Å². The van der Waals surface area contributed by atoms with E-state index >= 15 is 0 Å². The van der Waals surface area contributed by atoms with E-state index in [-0.39, 0.29) is 0 Å². The summed E-state index contributed by atoms with van der Waals surface area (Å²) in [6, 6.07) is 0. The van der Waals surface area contributed by atoms with Crippen molar-refractivity contribution in [3.63, 3.8) is 0 Å². The minimum absolute atomic E-state index is 0.435. The van der Waals surface area contributed by atoms with E-state index in [0.29, 0.717) is 29.9 Å². The molecule has 0 nitrogen and oxygen atoms in total. The van der Waals surface area contributed by atoms with E-state index in [0.717, 1.165) is 0 Å². The molecule has 0 unspecified atom stereocenters. The molecule has 0 aliphatic rings. The van der Waals surface area contributed by atoms with Crippen molar-refractivity contribution in [3.05, 3.63) is 0 Å². The average molecular weight is 250 g/mol. The summed E-state index contributed by atoms with van der Waals surface area (Å²) in [6.07, 6.45) is 11.4. The van der Waals surface area contributed by atoms with Gasteiger partial charge in [0.2, 0.25) is 0 Å². The average Bonchev–Trinajstić information content (AvgIpc) is 1.89. The minimum atomic E-state index is 0.435. The molecule has 0 aromatic rings. The molecule has 0 aliphatic carbocycles.